The molecule has 0 spiro atoms. The highest BCUT2D eigenvalue weighted by molar-refractivity contribution is 7.87. The van der Waals surface area contributed by atoms with Gasteiger partial charge in [-0.05, 0) is 5.56 Å². The molecule has 0 aromatic heterocycles. The van der Waals surface area contributed by atoms with Crippen LogP contribution in [0.3, 0.4) is 0 Å². The average molecular weight is 317 g/mol. The molecule has 1 aromatic carbocycles. The molecule has 0 saturated carbocycles. The van der Waals surface area contributed by atoms with Gasteiger partial charge in [0.15, 0.2) is 0 Å². The summed E-state index contributed by atoms with van der Waals surface area (Å²) in [7, 11) is -2.59. The van der Waals surface area contributed by atoms with Gasteiger partial charge in [0.05, 0.1) is 11.3 Å². The lowest BCUT2D eigenvalue weighted by Crippen LogP contribution is -2.38. The van der Waals surface area contributed by atoms with Gasteiger partial charge in [-0.2, -0.15) is 17.4 Å². The summed E-state index contributed by atoms with van der Waals surface area (Å²) in [6.45, 7) is -0.291. The second-order valence-corrected chi connectivity index (χ2v) is 6.08. The molecule has 0 saturated heterocycles. The molecule has 10 heteroatoms. The van der Waals surface area contributed by atoms with Crippen molar-refractivity contribution in [2.24, 2.45) is 0 Å². The third-order valence-corrected chi connectivity index (χ3v) is 4.14. The van der Waals surface area contributed by atoms with Gasteiger partial charge in [0.25, 0.3) is 15.9 Å². The number of nitro groups is 1. The second-order valence-electron chi connectivity index (χ2n) is 4.22. The number of benzene rings is 1. The van der Waals surface area contributed by atoms with E-state index in [0.29, 0.717) is 5.56 Å². The number of carboxylic acids is 1. The van der Waals surface area contributed by atoms with E-state index in [1.54, 1.807) is 6.07 Å². The molecular formula is C11H15N3O6S. The molecule has 1 aromatic rings. The fraction of sp³-hybridized carbons (Fsp3) is 0.364. The van der Waals surface area contributed by atoms with Gasteiger partial charge in [-0.1, -0.05) is 12.1 Å². The molecule has 2 N–H and O–H groups in total. The predicted octanol–water partition coefficient (Wildman–Crippen LogP) is 0.336. The van der Waals surface area contributed by atoms with Gasteiger partial charge >= 0.3 is 5.97 Å². The van der Waals surface area contributed by atoms with Gasteiger partial charge in [-0.3, -0.25) is 14.9 Å². The van der Waals surface area contributed by atoms with Gasteiger partial charge in [0.1, 0.15) is 0 Å². The number of nitrogens with zero attached hydrogens (tertiary/aromatic N) is 2. The Balaban J connectivity index is 2.66. The number of carbonyl (C=O) groups is 1. The zero-order valence-electron chi connectivity index (χ0n) is 11.2. The predicted molar refractivity (Wildman–Crippen MR) is 73.7 cm³/mol. The molecule has 0 aliphatic heterocycles. The Labute approximate surface area is 121 Å². The number of carboxylic acid groups (broad SMARTS) is 1. The van der Waals surface area contributed by atoms with E-state index in [1.165, 1.54) is 25.2 Å². The number of nitrogens with one attached hydrogen (secondary N) is 1. The third-order valence-electron chi connectivity index (χ3n) is 2.63. The van der Waals surface area contributed by atoms with Gasteiger partial charge in [-0.15, -0.1) is 0 Å². The zero-order valence-corrected chi connectivity index (χ0v) is 12.0. The van der Waals surface area contributed by atoms with Crippen molar-refractivity contribution in [3.8, 4) is 0 Å². The van der Waals surface area contributed by atoms with Crippen molar-refractivity contribution in [2.45, 2.75) is 13.0 Å². The Bertz CT molecular complexity index is 631. The van der Waals surface area contributed by atoms with E-state index in [4.69, 9.17) is 5.11 Å². The highest BCUT2D eigenvalue weighted by Gasteiger charge is 2.18. The first-order chi connectivity index (χ1) is 9.72. The fourth-order valence-electron chi connectivity index (χ4n) is 1.44. The molecule has 0 heterocycles. The Morgan fingerprint density at radius 1 is 1.48 bits per heavy atom. The number of nitro benzene ring substituents is 1. The quantitative estimate of drug-likeness (QED) is 0.525. The lowest BCUT2D eigenvalue weighted by molar-refractivity contribution is -0.384. The number of rotatable bonds is 8. The summed E-state index contributed by atoms with van der Waals surface area (Å²) >= 11 is 0. The zero-order chi connectivity index (χ0) is 16.0. The molecular weight excluding hydrogens is 302 g/mol. The largest absolute Gasteiger partial charge is 0.481 e. The van der Waals surface area contributed by atoms with E-state index in [1.807, 2.05) is 0 Å². The Hall–Kier alpha value is -2.04. The first-order valence-electron chi connectivity index (χ1n) is 5.88. The molecule has 0 atom stereocenters. The molecule has 0 radical (unpaired) electrons. The molecule has 0 aliphatic carbocycles. The van der Waals surface area contributed by atoms with Crippen LogP contribution in [0.1, 0.15) is 12.0 Å². The maximum absolute atomic E-state index is 11.8. The van der Waals surface area contributed by atoms with Crippen molar-refractivity contribution < 1.29 is 23.2 Å². The smallest absolute Gasteiger partial charge is 0.304 e. The average Bonchev–Trinajstić information content (AvgIpc) is 2.42. The minimum absolute atomic E-state index is 0.124. The molecule has 9 nitrogen and oxygen atoms in total. The number of aliphatic carboxylic acids is 1. The minimum Gasteiger partial charge on any atom is -0.481 e. The van der Waals surface area contributed by atoms with Crippen LogP contribution in [0, 0.1) is 10.1 Å². The van der Waals surface area contributed by atoms with Crippen LogP contribution in [-0.2, 0) is 21.5 Å². The summed E-state index contributed by atoms with van der Waals surface area (Å²) in [4.78, 5) is 20.4. The first-order valence-corrected chi connectivity index (χ1v) is 7.32. The highest BCUT2D eigenvalue weighted by Crippen LogP contribution is 2.13. The number of hydrogen-bond donors (Lipinski definition) is 2. The maximum Gasteiger partial charge on any atom is 0.304 e. The summed E-state index contributed by atoms with van der Waals surface area (Å²) in [5.41, 5.74) is 0.297. The Morgan fingerprint density at radius 2 is 2.14 bits per heavy atom. The van der Waals surface area contributed by atoms with Gasteiger partial charge < -0.3 is 5.11 Å². The van der Waals surface area contributed by atoms with E-state index in [-0.39, 0.29) is 25.2 Å². The molecule has 116 valence electrons. The van der Waals surface area contributed by atoms with Crippen LogP contribution in [-0.4, -0.2) is 42.3 Å². The van der Waals surface area contributed by atoms with E-state index >= 15 is 0 Å². The van der Waals surface area contributed by atoms with Crippen molar-refractivity contribution in [2.75, 3.05) is 13.6 Å². The molecule has 21 heavy (non-hydrogen) atoms. The van der Waals surface area contributed by atoms with Crippen LogP contribution in [0.2, 0.25) is 0 Å². The van der Waals surface area contributed by atoms with E-state index in [9.17, 15) is 23.3 Å². The summed E-state index contributed by atoms with van der Waals surface area (Å²) in [6.07, 6.45) is -0.311. The summed E-state index contributed by atoms with van der Waals surface area (Å²) in [6, 6.07) is 5.57. The number of hydrogen-bond acceptors (Lipinski definition) is 5. The van der Waals surface area contributed by atoms with Crippen LogP contribution in [0.25, 0.3) is 0 Å². The van der Waals surface area contributed by atoms with E-state index in [2.05, 4.69) is 4.72 Å². The van der Waals surface area contributed by atoms with Crippen molar-refractivity contribution >= 4 is 21.9 Å². The molecule has 0 amide bonds. The molecule has 0 fully saturated rings. The second kappa shape index (κ2) is 7.11. The lowest BCUT2D eigenvalue weighted by Gasteiger charge is -2.16. The number of non-ortho nitro benzene ring substituents is 1. The van der Waals surface area contributed by atoms with Crippen LogP contribution in [0.5, 0.6) is 0 Å². The SMILES string of the molecule is CN(CCC(=O)O)S(=O)(=O)NCc1cccc([N+](=O)[O-])c1. The summed E-state index contributed by atoms with van der Waals surface area (Å²) in [5, 5.41) is 19.1. The van der Waals surface area contributed by atoms with Gasteiger partial charge in [-0.25, -0.2) is 0 Å². The normalized spacial score (nSPS) is 11.5. The Kier molecular flexibility index (Phi) is 5.76. The van der Waals surface area contributed by atoms with Crippen LogP contribution >= 0.6 is 0 Å². The van der Waals surface area contributed by atoms with E-state index < -0.39 is 21.1 Å². The van der Waals surface area contributed by atoms with Crippen LogP contribution in [0.4, 0.5) is 5.69 Å². The summed E-state index contributed by atoms with van der Waals surface area (Å²) < 4.78 is 26.8. The van der Waals surface area contributed by atoms with Crippen LogP contribution < -0.4 is 4.72 Å². The van der Waals surface area contributed by atoms with Crippen molar-refractivity contribution in [3.63, 3.8) is 0 Å². The fourth-order valence-corrected chi connectivity index (χ4v) is 2.34. The van der Waals surface area contributed by atoms with E-state index in [0.717, 1.165) is 4.31 Å². The van der Waals surface area contributed by atoms with Crippen molar-refractivity contribution in [1.82, 2.24) is 9.03 Å². The molecule has 0 bridgehead atoms. The van der Waals surface area contributed by atoms with Crippen molar-refractivity contribution in [1.29, 1.82) is 0 Å². The van der Waals surface area contributed by atoms with Gasteiger partial charge in [0, 0.05) is 32.3 Å². The topological polar surface area (TPSA) is 130 Å². The van der Waals surface area contributed by atoms with Crippen molar-refractivity contribution in [3.05, 3.63) is 39.9 Å². The highest BCUT2D eigenvalue weighted by atomic mass is 32.2. The molecule has 0 aliphatic rings. The monoisotopic (exact) mass is 317 g/mol. The Morgan fingerprint density at radius 3 is 2.71 bits per heavy atom. The third kappa shape index (κ3) is 5.45. The standard InChI is InChI=1S/C11H15N3O6S/c1-13(6-5-11(15)16)21(19,20)12-8-9-3-2-4-10(7-9)14(17)18/h2-4,7,12H,5-6,8H2,1H3,(H,15,16). The maximum atomic E-state index is 11.8. The first kappa shape index (κ1) is 17.0. The molecule has 0 unspecified atom stereocenters. The minimum atomic E-state index is -3.84. The molecule has 1 rings (SSSR count). The van der Waals surface area contributed by atoms with Crippen LogP contribution in [0.15, 0.2) is 24.3 Å². The lowest BCUT2D eigenvalue weighted by atomic mass is 10.2. The summed E-state index contributed by atoms with van der Waals surface area (Å²) in [5.74, 6) is -1.10. The van der Waals surface area contributed by atoms with Gasteiger partial charge in [0.2, 0.25) is 0 Å².